The summed E-state index contributed by atoms with van der Waals surface area (Å²) in [5.74, 6) is 0.623. The number of hydrogen-bond donors (Lipinski definition) is 2. The lowest BCUT2D eigenvalue weighted by Gasteiger charge is -2.29. The molecule has 3 aromatic rings. The quantitative estimate of drug-likeness (QED) is 0.380. The Balaban J connectivity index is 1.65. The van der Waals surface area contributed by atoms with Crippen molar-refractivity contribution >= 4 is 30.1 Å². The molecule has 4 heterocycles. The number of nitrogens with zero attached hydrogens (tertiary/aromatic N) is 5. The van der Waals surface area contributed by atoms with Gasteiger partial charge in [-0.3, -0.25) is 0 Å². The number of aryl methyl sites for hydroxylation is 1. The second kappa shape index (κ2) is 8.93. The van der Waals surface area contributed by atoms with Gasteiger partial charge in [0.2, 0.25) is 0 Å². The SMILES string of the molecule is Cc1nc2c(c(Nc3ccc(C(F)(F)F)cn3)n1)CCN(c1ncccc1C(F)(F)F)C(S)C2. The average Bonchev–Trinajstić information content (AvgIpc) is 2.91. The van der Waals surface area contributed by atoms with Gasteiger partial charge in [-0.2, -0.15) is 39.0 Å². The molecule has 1 unspecified atom stereocenters. The number of rotatable bonds is 3. The molecule has 0 saturated heterocycles. The van der Waals surface area contributed by atoms with Crippen molar-refractivity contribution in [2.75, 3.05) is 16.8 Å². The van der Waals surface area contributed by atoms with Gasteiger partial charge in [0.1, 0.15) is 23.3 Å². The van der Waals surface area contributed by atoms with Crippen LogP contribution in [0.15, 0.2) is 36.7 Å². The van der Waals surface area contributed by atoms with Crippen molar-refractivity contribution in [2.45, 2.75) is 37.5 Å². The van der Waals surface area contributed by atoms with Crippen molar-refractivity contribution in [2.24, 2.45) is 0 Å². The summed E-state index contributed by atoms with van der Waals surface area (Å²) >= 11 is 4.53. The fourth-order valence-corrected chi connectivity index (χ4v) is 4.10. The van der Waals surface area contributed by atoms with E-state index >= 15 is 0 Å². The minimum absolute atomic E-state index is 0.140. The molecule has 0 aliphatic carbocycles. The molecule has 0 aromatic carbocycles. The number of alkyl halides is 6. The van der Waals surface area contributed by atoms with Crippen molar-refractivity contribution < 1.29 is 26.3 Å². The Morgan fingerprint density at radius 3 is 2.44 bits per heavy atom. The highest BCUT2D eigenvalue weighted by molar-refractivity contribution is 7.81. The normalized spacial score (nSPS) is 16.7. The summed E-state index contributed by atoms with van der Waals surface area (Å²) in [4.78, 5) is 18.0. The predicted molar refractivity (Wildman–Crippen MR) is 116 cm³/mol. The largest absolute Gasteiger partial charge is 0.419 e. The van der Waals surface area contributed by atoms with E-state index in [-0.39, 0.29) is 31.0 Å². The van der Waals surface area contributed by atoms with Gasteiger partial charge in [-0.25, -0.2) is 19.9 Å². The number of aromatic nitrogens is 4. The summed E-state index contributed by atoms with van der Waals surface area (Å²) in [7, 11) is 0. The van der Waals surface area contributed by atoms with Crippen LogP contribution in [-0.2, 0) is 25.2 Å². The second-order valence-corrected chi connectivity index (χ2v) is 8.20. The third kappa shape index (κ3) is 5.03. The van der Waals surface area contributed by atoms with Crippen LogP contribution in [0.25, 0.3) is 0 Å². The molecule has 0 amide bonds. The van der Waals surface area contributed by atoms with Gasteiger partial charge >= 0.3 is 12.4 Å². The van der Waals surface area contributed by atoms with Crippen LogP contribution in [0.4, 0.5) is 43.8 Å². The topological polar surface area (TPSA) is 66.8 Å². The molecule has 6 nitrogen and oxygen atoms in total. The van der Waals surface area contributed by atoms with E-state index in [1.807, 2.05) is 0 Å². The van der Waals surface area contributed by atoms with E-state index in [1.165, 1.54) is 23.2 Å². The van der Waals surface area contributed by atoms with Crippen molar-refractivity contribution in [3.8, 4) is 0 Å². The van der Waals surface area contributed by atoms with Crippen molar-refractivity contribution in [1.82, 2.24) is 19.9 Å². The van der Waals surface area contributed by atoms with Gasteiger partial charge in [-0.05, 0) is 37.6 Å². The second-order valence-electron chi connectivity index (χ2n) is 7.60. The third-order valence-electron chi connectivity index (χ3n) is 5.24. The molecule has 0 bridgehead atoms. The highest BCUT2D eigenvalue weighted by Gasteiger charge is 2.37. The monoisotopic (exact) mass is 500 g/mol. The molecule has 13 heteroatoms. The van der Waals surface area contributed by atoms with Crippen LogP contribution in [0, 0.1) is 6.92 Å². The van der Waals surface area contributed by atoms with E-state index in [9.17, 15) is 26.3 Å². The lowest BCUT2D eigenvalue weighted by Crippen LogP contribution is -2.35. The molecule has 1 atom stereocenters. The molecular weight excluding hydrogens is 482 g/mol. The van der Waals surface area contributed by atoms with Gasteiger partial charge in [-0.1, -0.05) is 0 Å². The van der Waals surface area contributed by atoms with E-state index in [2.05, 4.69) is 37.9 Å². The first kappa shape index (κ1) is 24.0. The fraction of sp³-hybridized carbons (Fsp3) is 0.333. The highest BCUT2D eigenvalue weighted by Crippen LogP contribution is 2.38. The maximum atomic E-state index is 13.6. The van der Waals surface area contributed by atoms with Gasteiger partial charge < -0.3 is 10.2 Å². The third-order valence-corrected chi connectivity index (χ3v) is 5.71. The van der Waals surface area contributed by atoms with Gasteiger partial charge in [-0.15, -0.1) is 0 Å². The zero-order valence-electron chi connectivity index (χ0n) is 17.6. The van der Waals surface area contributed by atoms with Crippen molar-refractivity contribution in [3.05, 3.63) is 64.9 Å². The maximum absolute atomic E-state index is 13.6. The standard InChI is InChI=1S/C21H18F6N6S/c1-11-30-15-9-17(34)33(19-14(21(25,26)27)3-2-7-28-19)8-6-13(15)18(31-11)32-16-5-4-12(10-29-16)20(22,23)24/h2-5,7,10,17,34H,6,8-9H2,1H3,(H,29,30,31,32). The van der Waals surface area contributed by atoms with Gasteiger partial charge in [0.05, 0.1) is 22.2 Å². The van der Waals surface area contributed by atoms with Crippen LogP contribution in [-0.4, -0.2) is 31.9 Å². The summed E-state index contributed by atoms with van der Waals surface area (Å²) in [5, 5.41) is 2.27. The number of hydrogen-bond acceptors (Lipinski definition) is 7. The Morgan fingerprint density at radius 2 is 1.79 bits per heavy atom. The Morgan fingerprint density at radius 1 is 1.03 bits per heavy atom. The van der Waals surface area contributed by atoms with E-state index in [4.69, 9.17) is 0 Å². The lowest BCUT2D eigenvalue weighted by atomic mass is 10.1. The van der Waals surface area contributed by atoms with Crippen LogP contribution >= 0.6 is 12.6 Å². The van der Waals surface area contributed by atoms with E-state index in [0.717, 1.165) is 12.1 Å². The van der Waals surface area contributed by atoms with Crippen molar-refractivity contribution in [1.29, 1.82) is 0 Å². The Bertz CT molecular complexity index is 1180. The number of thiol groups is 1. The summed E-state index contributed by atoms with van der Waals surface area (Å²) < 4.78 is 79.1. The highest BCUT2D eigenvalue weighted by atomic mass is 32.1. The van der Waals surface area contributed by atoms with Gasteiger partial charge in [0.15, 0.2) is 0 Å². The Hall–Kier alpha value is -3.09. The van der Waals surface area contributed by atoms with E-state index in [0.29, 0.717) is 29.1 Å². The molecule has 34 heavy (non-hydrogen) atoms. The molecule has 0 fully saturated rings. The molecule has 4 rings (SSSR count). The van der Waals surface area contributed by atoms with Gasteiger partial charge in [0.25, 0.3) is 0 Å². The minimum Gasteiger partial charge on any atom is -0.344 e. The minimum atomic E-state index is -4.59. The summed E-state index contributed by atoms with van der Waals surface area (Å²) in [6.45, 7) is 1.78. The zero-order valence-corrected chi connectivity index (χ0v) is 18.5. The number of nitrogens with one attached hydrogen (secondary N) is 1. The molecule has 180 valence electrons. The number of pyridine rings is 2. The molecule has 1 aliphatic heterocycles. The molecular formula is C21H18F6N6S. The summed E-state index contributed by atoms with van der Waals surface area (Å²) in [6, 6.07) is 4.27. The van der Waals surface area contributed by atoms with Gasteiger partial charge in [0, 0.05) is 30.9 Å². The summed E-state index contributed by atoms with van der Waals surface area (Å²) in [6.07, 6.45) is -6.65. The molecule has 0 saturated carbocycles. The Kier molecular flexibility index (Phi) is 6.32. The van der Waals surface area contributed by atoms with E-state index < -0.39 is 28.9 Å². The van der Waals surface area contributed by atoms with Crippen LogP contribution in [0.5, 0.6) is 0 Å². The molecule has 0 spiro atoms. The number of anilines is 3. The molecule has 3 aromatic heterocycles. The summed E-state index contributed by atoms with van der Waals surface area (Å²) in [5.41, 5.74) is -0.554. The van der Waals surface area contributed by atoms with Crippen LogP contribution in [0.3, 0.4) is 0 Å². The number of halogens is 6. The van der Waals surface area contributed by atoms with Crippen LogP contribution in [0.1, 0.15) is 28.2 Å². The first-order valence-electron chi connectivity index (χ1n) is 10.1. The zero-order chi connectivity index (χ0) is 24.7. The smallest absolute Gasteiger partial charge is 0.344 e. The lowest BCUT2D eigenvalue weighted by molar-refractivity contribution is -0.138. The molecule has 0 radical (unpaired) electrons. The Labute approximate surface area is 195 Å². The average molecular weight is 500 g/mol. The van der Waals surface area contributed by atoms with E-state index in [1.54, 1.807) is 6.92 Å². The van der Waals surface area contributed by atoms with Crippen LogP contribution in [0.2, 0.25) is 0 Å². The maximum Gasteiger partial charge on any atom is 0.419 e. The van der Waals surface area contributed by atoms with Crippen molar-refractivity contribution in [3.63, 3.8) is 0 Å². The first-order chi connectivity index (χ1) is 15.9. The molecule has 1 N–H and O–H groups in total. The predicted octanol–water partition coefficient (Wildman–Crippen LogP) is 5.22. The van der Waals surface area contributed by atoms with Crippen LogP contribution < -0.4 is 10.2 Å². The molecule has 1 aliphatic rings. The fourth-order valence-electron chi connectivity index (χ4n) is 3.70. The number of fused-ring (bicyclic) bond motifs is 1. The first-order valence-corrected chi connectivity index (χ1v) is 10.6.